The molecule has 0 atom stereocenters. The molecule has 0 aliphatic carbocycles. The van der Waals surface area contributed by atoms with Gasteiger partial charge in [0.1, 0.15) is 0 Å². The minimum absolute atomic E-state index is 0. The molecule has 1 aromatic carbocycles. The van der Waals surface area contributed by atoms with Crippen LogP contribution in [0.5, 0.6) is 0 Å². The monoisotopic (exact) mass is 392 g/mol. The summed E-state index contributed by atoms with van der Waals surface area (Å²) >= 11 is 0. The van der Waals surface area contributed by atoms with Crippen LogP contribution >= 0.6 is 12.4 Å². The van der Waals surface area contributed by atoms with Gasteiger partial charge in [0.2, 0.25) is 5.91 Å². The van der Waals surface area contributed by atoms with Gasteiger partial charge >= 0.3 is 0 Å². The molecule has 148 valence electrons. The van der Waals surface area contributed by atoms with E-state index < -0.39 is 5.54 Å². The van der Waals surface area contributed by atoms with Crippen LogP contribution in [0, 0.1) is 20.8 Å². The van der Waals surface area contributed by atoms with Crippen molar-refractivity contribution in [2.45, 2.75) is 45.7 Å². The Hall–Kier alpha value is -1.89. The van der Waals surface area contributed by atoms with E-state index >= 15 is 0 Å². The summed E-state index contributed by atoms with van der Waals surface area (Å²) in [6.45, 7) is 7.69. The summed E-state index contributed by atoms with van der Waals surface area (Å²) in [6, 6.07) is 8.17. The predicted molar refractivity (Wildman–Crippen MR) is 108 cm³/mol. The quantitative estimate of drug-likeness (QED) is 0.868. The molecule has 1 amide bonds. The van der Waals surface area contributed by atoms with Crippen molar-refractivity contribution in [1.29, 1.82) is 0 Å². The fourth-order valence-electron chi connectivity index (χ4n) is 3.58. The molecule has 7 heteroatoms. The zero-order valence-corrected chi connectivity index (χ0v) is 17.3. The van der Waals surface area contributed by atoms with Crippen molar-refractivity contribution in [2.75, 3.05) is 20.3 Å². The van der Waals surface area contributed by atoms with Crippen LogP contribution < -0.4 is 5.73 Å². The first-order valence-electron chi connectivity index (χ1n) is 9.07. The fraction of sp³-hybridized carbons (Fsp3) is 0.500. The Balaban J connectivity index is 0.00000261. The van der Waals surface area contributed by atoms with Gasteiger partial charge in [-0.05, 0) is 45.2 Å². The molecule has 0 unspecified atom stereocenters. The molecule has 1 aliphatic heterocycles. The molecule has 2 N–H and O–H groups in total. The zero-order chi connectivity index (χ0) is 18.9. The third kappa shape index (κ3) is 4.18. The first kappa shape index (κ1) is 21.4. The number of carbonyl (C=O) groups excluding carboxylic acids is 1. The van der Waals surface area contributed by atoms with E-state index in [9.17, 15) is 4.79 Å². The molecule has 0 radical (unpaired) electrons. The molecule has 0 saturated carbocycles. The van der Waals surface area contributed by atoms with Gasteiger partial charge in [-0.2, -0.15) is 5.10 Å². The van der Waals surface area contributed by atoms with Crippen molar-refractivity contribution in [3.63, 3.8) is 0 Å². The summed E-state index contributed by atoms with van der Waals surface area (Å²) in [7, 11) is 1.82. The molecule has 6 nitrogen and oxygen atoms in total. The molecular weight excluding hydrogens is 364 g/mol. The van der Waals surface area contributed by atoms with Crippen molar-refractivity contribution in [3.8, 4) is 5.69 Å². The number of para-hydroxylation sites is 1. The number of likely N-dealkylation sites (N-methyl/N-ethyl adjacent to an activating group) is 1. The van der Waals surface area contributed by atoms with E-state index in [0.29, 0.717) is 32.6 Å². The number of hydrogen-bond donors (Lipinski definition) is 1. The summed E-state index contributed by atoms with van der Waals surface area (Å²) in [6.07, 6.45) is 1.13. The summed E-state index contributed by atoms with van der Waals surface area (Å²) < 4.78 is 7.31. The number of nitrogens with two attached hydrogens (primary N) is 1. The Morgan fingerprint density at radius 1 is 1.26 bits per heavy atom. The highest BCUT2D eigenvalue weighted by molar-refractivity contribution is 5.86. The Kier molecular flexibility index (Phi) is 6.68. The van der Waals surface area contributed by atoms with Gasteiger partial charge in [0, 0.05) is 38.1 Å². The third-order valence-corrected chi connectivity index (χ3v) is 5.34. The number of rotatable bonds is 4. The van der Waals surface area contributed by atoms with E-state index in [1.165, 1.54) is 0 Å². The minimum Gasteiger partial charge on any atom is -0.381 e. The van der Waals surface area contributed by atoms with Crippen LogP contribution in [0.25, 0.3) is 5.69 Å². The summed E-state index contributed by atoms with van der Waals surface area (Å²) in [5, 5.41) is 4.71. The minimum atomic E-state index is -0.819. The van der Waals surface area contributed by atoms with Crippen LogP contribution in [0.2, 0.25) is 0 Å². The average molecular weight is 393 g/mol. The van der Waals surface area contributed by atoms with Crippen molar-refractivity contribution in [3.05, 3.63) is 46.8 Å². The van der Waals surface area contributed by atoms with Crippen LogP contribution in [-0.2, 0) is 16.1 Å². The highest BCUT2D eigenvalue weighted by atomic mass is 35.5. The number of hydrogen-bond acceptors (Lipinski definition) is 4. The number of ether oxygens (including phenoxy) is 1. The van der Waals surface area contributed by atoms with E-state index in [4.69, 9.17) is 15.6 Å². The lowest BCUT2D eigenvalue weighted by Gasteiger charge is -2.35. The summed E-state index contributed by atoms with van der Waals surface area (Å²) in [5.74, 6) is -0.0248. The van der Waals surface area contributed by atoms with Crippen LogP contribution in [0.15, 0.2) is 24.3 Å². The number of halogens is 1. The van der Waals surface area contributed by atoms with Crippen LogP contribution in [0.1, 0.15) is 35.4 Å². The fourth-order valence-corrected chi connectivity index (χ4v) is 3.58. The van der Waals surface area contributed by atoms with Gasteiger partial charge in [0.25, 0.3) is 0 Å². The molecule has 1 fully saturated rings. The summed E-state index contributed by atoms with van der Waals surface area (Å²) in [5.41, 5.74) is 10.8. The molecule has 1 aliphatic rings. The molecule has 27 heavy (non-hydrogen) atoms. The molecule has 2 aromatic rings. The van der Waals surface area contributed by atoms with Gasteiger partial charge in [-0.15, -0.1) is 12.4 Å². The maximum Gasteiger partial charge on any atom is 0.242 e. The molecule has 2 heterocycles. The Morgan fingerprint density at radius 3 is 2.52 bits per heavy atom. The smallest absolute Gasteiger partial charge is 0.242 e. The van der Waals surface area contributed by atoms with Gasteiger partial charge < -0.3 is 15.4 Å². The highest BCUT2D eigenvalue weighted by Crippen LogP contribution is 2.24. The van der Waals surface area contributed by atoms with Gasteiger partial charge in [-0.3, -0.25) is 4.79 Å². The second-order valence-electron chi connectivity index (χ2n) is 7.28. The van der Waals surface area contributed by atoms with E-state index in [0.717, 1.165) is 28.2 Å². The molecule has 0 spiro atoms. The standard InChI is InChI=1S/C20H28N4O2.ClH/c1-14-7-5-6-8-18(14)24-16(3)17(15(2)22-24)13-23(4)19(25)20(21)9-11-26-12-10-20;/h5-8H,9-13,21H2,1-4H3;1H. The van der Waals surface area contributed by atoms with Crippen molar-refractivity contribution >= 4 is 18.3 Å². The normalized spacial score (nSPS) is 15.9. The third-order valence-electron chi connectivity index (χ3n) is 5.34. The maximum absolute atomic E-state index is 12.9. The first-order valence-corrected chi connectivity index (χ1v) is 9.07. The largest absolute Gasteiger partial charge is 0.381 e. The highest BCUT2D eigenvalue weighted by Gasteiger charge is 2.38. The number of carbonyl (C=O) groups is 1. The lowest BCUT2D eigenvalue weighted by atomic mass is 9.89. The number of benzene rings is 1. The predicted octanol–water partition coefficient (Wildman–Crippen LogP) is 2.69. The lowest BCUT2D eigenvalue weighted by molar-refractivity contribution is -0.139. The molecule has 0 bridgehead atoms. The number of aryl methyl sites for hydroxylation is 2. The zero-order valence-electron chi connectivity index (χ0n) is 16.5. The van der Waals surface area contributed by atoms with Gasteiger partial charge in [0.15, 0.2) is 0 Å². The van der Waals surface area contributed by atoms with E-state index in [1.807, 2.05) is 37.7 Å². The number of aromatic nitrogens is 2. The second-order valence-corrected chi connectivity index (χ2v) is 7.28. The molecular formula is C20H29ClN4O2. The molecule has 3 rings (SSSR count). The van der Waals surface area contributed by atoms with Crippen LogP contribution in [-0.4, -0.2) is 46.4 Å². The Bertz CT molecular complexity index is 812. The topological polar surface area (TPSA) is 73.4 Å². The lowest BCUT2D eigenvalue weighted by Crippen LogP contribution is -2.57. The number of amides is 1. The molecule has 1 aromatic heterocycles. The Morgan fingerprint density at radius 2 is 1.89 bits per heavy atom. The SMILES string of the molecule is Cc1ccccc1-n1nc(C)c(CN(C)C(=O)C2(N)CCOCC2)c1C.Cl. The Labute approximate surface area is 167 Å². The average Bonchev–Trinajstić information content (AvgIpc) is 2.90. The second kappa shape index (κ2) is 8.42. The van der Waals surface area contributed by atoms with E-state index in [-0.39, 0.29) is 18.3 Å². The van der Waals surface area contributed by atoms with E-state index in [1.54, 1.807) is 4.90 Å². The van der Waals surface area contributed by atoms with Crippen molar-refractivity contribution in [2.24, 2.45) is 5.73 Å². The van der Waals surface area contributed by atoms with E-state index in [2.05, 4.69) is 19.1 Å². The van der Waals surface area contributed by atoms with Crippen molar-refractivity contribution < 1.29 is 9.53 Å². The first-order chi connectivity index (χ1) is 12.3. The molecule has 1 saturated heterocycles. The van der Waals surface area contributed by atoms with Crippen LogP contribution in [0.3, 0.4) is 0 Å². The van der Waals surface area contributed by atoms with Crippen molar-refractivity contribution in [1.82, 2.24) is 14.7 Å². The van der Waals surface area contributed by atoms with Gasteiger partial charge in [-0.1, -0.05) is 18.2 Å². The van der Waals surface area contributed by atoms with Crippen LogP contribution in [0.4, 0.5) is 0 Å². The number of nitrogens with zero attached hydrogens (tertiary/aromatic N) is 3. The summed E-state index contributed by atoms with van der Waals surface area (Å²) in [4.78, 5) is 14.6. The van der Waals surface area contributed by atoms with Gasteiger partial charge in [-0.25, -0.2) is 4.68 Å². The van der Waals surface area contributed by atoms with Gasteiger partial charge in [0.05, 0.1) is 16.9 Å². The maximum atomic E-state index is 12.9.